The van der Waals surface area contributed by atoms with Crippen molar-refractivity contribution in [1.29, 1.82) is 0 Å². The highest BCUT2D eigenvalue weighted by molar-refractivity contribution is 7.99. The number of rotatable bonds is 6. The van der Waals surface area contributed by atoms with Gasteiger partial charge in [0, 0.05) is 28.6 Å². The molecule has 0 aliphatic rings. The van der Waals surface area contributed by atoms with Crippen molar-refractivity contribution >= 4 is 40.6 Å². The first-order chi connectivity index (χ1) is 11.0. The van der Waals surface area contributed by atoms with Gasteiger partial charge in [0.15, 0.2) is 0 Å². The van der Waals surface area contributed by atoms with Crippen molar-refractivity contribution in [3.8, 4) is 0 Å². The van der Waals surface area contributed by atoms with Gasteiger partial charge in [0.1, 0.15) is 0 Å². The van der Waals surface area contributed by atoms with E-state index < -0.39 is 4.92 Å². The van der Waals surface area contributed by atoms with Crippen molar-refractivity contribution in [2.24, 2.45) is 0 Å². The average molecular weight is 351 g/mol. The molecule has 0 atom stereocenters. The van der Waals surface area contributed by atoms with Gasteiger partial charge < -0.3 is 5.32 Å². The zero-order valence-electron chi connectivity index (χ0n) is 12.4. The second kappa shape index (κ2) is 7.99. The Labute approximate surface area is 143 Å². The maximum absolute atomic E-state index is 11.9. The van der Waals surface area contributed by atoms with E-state index in [-0.39, 0.29) is 11.6 Å². The molecule has 2 rings (SSSR count). The Bertz CT molecular complexity index is 720. The Balaban J connectivity index is 1.81. The highest BCUT2D eigenvalue weighted by atomic mass is 35.5. The summed E-state index contributed by atoms with van der Waals surface area (Å²) in [5.74, 6) is 0.826. The van der Waals surface area contributed by atoms with Gasteiger partial charge in [-0.05, 0) is 36.2 Å². The summed E-state index contributed by atoms with van der Waals surface area (Å²) in [6.45, 7) is 1.88. The number of benzene rings is 2. The molecule has 2 aromatic carbocycles. The number of nitrogens with zero attached hydrogens (tertiary/aromatic N) is 1. The van der Waals surface area contributed by atoms with Gasteiger partial charge in [-0.25, -0.2) is 0 Å². The van der Waals surface area contributed by atoms with Gasteiger partial charge in [-0.2, -0.15) is 0 Å². The topological polar surface area (TPSA) is 72.2 Å². The molecule has 7 heteroatoms. The van der Waals surface area contributed by atoms with Gasteiger partial charge in [-0.15, -0.1) is 11.8 Å². The van der Waals surface area contributed by atoms with E-state index in [0.29, 0.717) is 16.5 Å². The molecule has 120 valence electrons. The van der Waals surface area contributed by atoms with Crippen molar-refractivity contribution in [3.63, 3.8) is 0 Å². The molecule has 0 saturated carbocycles. The number of anilines is 1. The van der Waals surface area contributed by atoms with Crippen LogP contribution < -0.4 is 5.32 Å². The molecule has 0 radical (unpaired) electrons. The van der Waals surface area contributed by atoms with Crippen molar-refractivity contribution in [2.45, 2.75) is 12.7 Å². The van der Waals surface area contributed by atoms with Crippen LogP contribution in [0.15, 0.2) is 42.5 Å². The number of aryl methyl sites for hydroxylation is 1. The Hall–Kier alpha value is -2.05. The average Bonchev–Trinajstić information content (AvgIpc) is 2.50. The smallest absolute Gasteiger partial charge is 0.269 e. The summed E-state index contributed by atoms with van der Waals surface area (Å²) in [4.78, 5) is 22.1. The van der Waals surface area contributed by atoms with Gasteiger partial charge in [0.05, 0.1) is 10.7 Å². The lowest BCUT2D eigenvalue weighted by Crippen LogP contribution is -2.14. The quantitative estimate of drug-likeness (QED) is 0.618. The van der Waals surface area contributed by atoms with Gasteiger partial charge in [0.2, 0.25) is 5.91 Å². The Morgan fingerprint density at radius 2 is 1.96 bits per heavy atom. The van der Waals surface area contributed by atoms with E-state index in [1.165, 1.54) is 23.9 Å². The first-order valence-corrected chi connectivity index (χ1v) is 8.36. The summed E-state index contributed by atoms with van der Waals surface area (Å²) in [6.07, 6.45) is 0. The summed E-state index contributed by atoms with van der Waals surface area (Å²) < 4.78 is 0. The molecule has 0 aliphatic carbocycles. The van der Waals surface area contributed by atoms with Crippen LogP contribution in [0.5, 0.6) is 0 Å². The van der Waals surface area contributed by atoms with Crippen molar-refractivity contribution in [1.82, 2.24) is 0 Å². The fourth-order valence-corrected chi connectivity index (χ4v) is 2.94. The lowest BCUT2D eigenvalue weighted by Gasteiger charge is -2.08. The first-order valence-electron chi connectivity index (χ1n) is 6.83. The number of non-ortho nitro benzene ring substituents is 1. The van der Waals surface area contributed by atoms with Crippen molar-refractivity contribution in [2.75, 3.05) is 11.1 Å². The minimum atomic E-state index is -0.432. The Morgan fingerprint density at radius 3 is 2.57 bits per heavy atom. The lowest BCUT2D eigenvalue weighted by molar-refractivity contribution is -0.384. The zero-order chi connectivity index (χ0) is 16.8. The predicted molar refractivity (Wildman–Crippen MR) is 94.1 cm³/mol. The molecule has 1 N–H and O–H groups in total. The minimum Gasteiger partial charge on any atom is -0.325 e. The molecule has 5 nitrogen and oxygen atoms in total. The molecule has 0 unspecified atom stereocenters. The molecule has 0 bridgehead atoms. The fourth-order valence-electron chi connectivity index (χ4n) is 1.93. The summed E-state index contributed by atoms with van der Waals surface area (Å²) in [6, 6.07) is 11.6. The summed E-state index contributed by atoms with van der Waals surface area (Å²) >= 11 is 7.33. The van der Waals surface area contributed by atoms with Gasteiger partial charge in [0.25, 0.3) is 5.69 Å². The number of carbonyl (C=O) groups is 1. The zero-order valence-corrected chi connectivity index (χ0v) is 14.0. The molecule has 0 aromatic heterocycles. The molecule has 0 spiro atoms. The monoisotopic (exact) mass is 350 g/mol. The normalized spacial score (nSPS) is 10.3. The van der Waals surface area contributed by atoms with Crippen molar-refractivity contribution in [3.05, 3.63) is 68.7 Å². The summed E-state index contributed by atoms with van der Waals surface area (Å²) in [5.41, 5.74) is 2.66. The molecular weight excluding hydrogens is 336 g/mol. The first kappa shape index (κ1) is 17.3. The Kier molecular flexibility index (Phi) is 6.01. The predicted octanol–water partition coefficient (Wildman–Crippen LogP) is 4.43. The summed E-state index contributed by atoms with van der Waals surface area (Å²) in [5, 5.41) is 14.0. The number of nitrogens with one attached hydrogen (secondary N) is 1. The van der Waals surface area contributed by atoms with Crippen LogP contribution in [0.25, 0.3) is 0 Å². The number of nitro groups is 1. The van der Waals surface area contributed by atoms with E-state index in [1.807, 2.05) is 6.92 Å². The molecule has 0 fully saturated rings. The van der Waals surface area contributed by atoms with E-state index in [2.05, 4.69) is 5.32 Å². The van der Waals surface area contributed by atoms with Gasteiger partial charge in [-0.3, -0.25) is 14.9 Å². The van der Waals surface area contributed by atoms with Crippen LogP contribution in [0.3, 0.4) is 0 Å². The number of amides is 1. The second-order valence-corrected chi connectivity index (χ2v) is 6.35. The van der Waals surface area contributed by atoms with Crippen LogP contribution in [-0.4, -0.2) is 16.6 Å². The van der Waals surface area contributed by atoms with Crippen LogP contribution in [0.2, 0.25) is 5.02 Å². The van der Waals surface area contributed by atoms with Crippen LogP contribution in [0.4, 0.5) is 11.4 Å². The molecular formula is C16H15ClN2O3S. The fraction of sp³-hybridized carbons (Fsp3) is 0.188. The molecule has 0 heterocycles. The third-order valence-electron chi connectivity index (χ3n) is 3.11. The highest BCUT2D eigenvalue weighted by Crippen LogP contribution is 2.20. The standard InChI is InChI=1S/C16H15ClN2O3S/c1-11-8-13(17)4-7-15(11)18-16(20)10-23-9-12-2-5-14(6-3-12)19(21)22/h2-8H,9-10H2,1H3,(H,18,20). The SMILES string of the molecule is Cc1cc(Cl)ccc1NC(=O)CSCc1ccc([N+](=O)[O-])cc1. The molecule has 0 aliphatic heterocycles. The maximum atomic E-state index is 11.9. The van der Waals surface area contributed by atoms with E-state index in [4.69, 9.17) is 11.6 Å². The minimum absolute atomic E-state index is 0.0645. The van der Waals surface area contributed by atoms with Crippen LogP contribution in [0.1, 0.15) is 11.1 Å². The van der Waals surface area contributed by atoms with Crippen LogP contribution >= 0.6 is 23.4 Å². The number of halogens is 1. The van der Waals surface area contributed by atoms with E-state index >= 15 is 0 Å². The Morgan fingerprint density at radius 1 is 1.26 bits per heavy atom. The van der Waals surface area contributed by atoms with Gasteiger partial charge >= 0.3 is 0 Å². The highest BCUT2D eigenvalue weighted by Gasteiger charge is 2.07. The van der Waals surface area contributed by atoms with Crippen molar-refractivity contribution < 1.29 is 9.72 Å². The molecule has 23 heavy (non-hydrogen) atoms. The van der Waals surface area contributed by atoms with Gasteiger partial charge in [-0.1, -0.05) is 23.7 Å². The van der Waals surface area contributed by atoms with E-state index in [0.717, 1.165) is 16.8 Å². The molecule has 1 amide bonds. The number of carbonyl (C=O) groups excluding carboxylic acids is 1. The van der Waals surface area contributed by atoms with Crippen LogP contribution in [0, 0.1) is 17.0 Å². The largest absolute Gasteiger partial charge is 0.325 e. The van der Waals surface area contributed by atoms with E-state index in [9.17, 15) is 14.9 Å². The third kappa shape index (κ3) is 5.26. The van der Waals surface area contributed by atoms with E-state index in [1.54, 1.807) is 30.3 Å². The number of nitro benzene ring substituents is 1. The number of thioether (sulfide) groups is 1. The molecule has 0 saturated heterocycles. The second-order valence-electron chi connectivity index (χ2n) is 4.92. The maximum Gasteiger partial charge on any atom is 0.269 e. The lowest BCUT2D eigenvalue weighted by atomic mass is 10.2. The number of hydrogen-bond donors (Lipinski definition) is 1. The number of hydrogen-bond acceptors (Lipinski definition) is 4. The third-order valence-corrected chi connectivity index (χ3v) is 4.35. The molecule has 2 aromatic rings. The summed E-state index contributed by atoms with van der Waals surface area (Å²) in [7, 11) is 0. The van der Waals surface area contributed by atoms with Crippen LogP contribution in [-0.2, 0) is 10.5 Å².